The van der Waals surface area contributed by atoms with E-state index in [0.717, 1.165) is 54.5 Å². The van der Waals surface area contributed by atoms with Crippen LogP contribution in [-0.4, -0.2) is 65.3 Å². The van der Waals surface area contributed by atoms with E-state index in [1.807, 2.05) is 29.3 Å². The Morgan fingerprint density at radius 3 is 2.69 bits per heavy atom. The highest BCUT2D eigenvalue weighted by molar-refractivity contribution is 5.91. The van der Waals surface area contributed by atoms with Crippen LogP contribution in [0.5, 0.6) is 11.5 Å². The van der Waals surface area contributed by atoms with E-state index in [4.69, 9.17) is 19.0 Å². The van der Waals surface area contributed by atoms with E-state index >= 15 is 0 Å². The van der Waals surface area contributed by atoms with E-state index in [1.165, 1.54) is 6.26 Å². The number of nitrogens with zero attached hydrogens (tertiary/aromatic N) is 4. The van der Waals surface area contributed by atoms with Gasteiger partial charge in [-0.15, -0.1) is 0 Å². The zero-order chi connectivity index (χ0) is 22.3. The van der Waals surface area contributed by atoms with Gasteiger partial charge in [0.2, 0.25) is 0 Å². The lowest BCUT2D eigenvalue weighted by molar-refractivity contribution is 0.0601. The van der Waals surface area contributed by atoms with E-state index in [2.05, 4.69) is 23.4 Å². The third-order valence-corrected chi connectivity index (χ3v) is 6.32. The molecule has 1 fully saturated rings. The molecule has 3 aromatic rings. The van der Waals surface area contributed by atoms with Gasteiger partial charge in [-0.1, -0.05) is 0 Å². The minimum absolute atomic E-state index is 0.0370. The van der Waals surface area contributed by atoms with Gasteiger partial charge in [0.1, 0.15) is 17.1 Å². The lowest BCUT2D eigenvalue weighted by atomic mass is 9.91. The molecule has 8 heteroatoms. The fourth-order valence-electron chi connectivity index (χ4n) is 4.49. The summed E-state index contributed by atoms with van der Waals surface area (Å²) in [6.07, 6.45) is 3.46. The molecule has 2 aromatic heterocycles. The van der Waals surface area contributed by atoms with Crippen molar-refractivity contribution in [2.24, 2.45) is 0 Å². The summed E-state index contributed by atoms with van der Waals surface area (Å²) < 4.78 is 19.0. The SMILES string of the molecule is COc1ccc2c(c1)OC(C)(C)c1cnn(CCN3CCN(C(=O)c4ccco4)CC3)c1-2. The number of piperazine rings is 1. The van der Waals surface area contributed by atoms with Crippen LogP contribution in [0.3, 0.4) is 0 Å². The predicted molar refractivity (Wildman–Crippen MR) is 119 cm³/mol. The van der Waals surface area contributed by atoms with Crippen LogP contribution < -0.4 is 9.47 Å². The number of benzene rings is 1. The largest absolute Gasteiger partial charge is 0.497 e. The van der Waals surface area contributed by atoms with Crippen molar-refractivity contribution in [2.75, 3.05) is 39.8 Å². The van der Waals surface area contributed by atoms with Crippen LogP contribution in [0.2, 0.25) is 0 Å². The van der Waals surface area contributed by atoms with E-state index in [0.29, 0.717) is 18.8 Å². The molecule has 0 bridgehead atoms. The van der Waals surface area contributed by atoms with Gasteiger partial charge in [0.05, 0.1) is 31.8 Å². The molecule has 0 N–H and O–H groups in total. The molecule has 1 saturated heterocycles. The topological polar surface area (TPSA) is 73.0 Å². The fourth-order valence-corrected chi connectivity index (χ4v) is 4.49. The molecule has 0 spiro atoms. The Labute approximate surface area is 187 Å². The molecular weight excluding hydrogens is 408 g/mol. The molecule has 2 aliphatic heterocycles. The number of fused-ring (bicyclic) bond motifs is 3. The molecule has 0 unspecified atom stereocenters. The summed E-state index contributed by atoms with van der Waals surface area (Å²) in [6, 6.07) is 9.39. The average Bonchev–Trinajstić information content (AvgIpc) is 3.48. The summed E-state index contributed by atoms with van der Waals surface area (Å²) in [4.78, 5) is 16.7. The van der Waals surface area contributed by atoms with Gasteiger partial charge in [0.15, 0.2) is 5.76 Å². The molecule has 2 aliphatic rings. The lowest BCUT2D eigenvalue weighted by Gasteiger charge is -2.35. The lowest BCUT2D eigenvalue weighted by Crippen LogP contribution is -2.49. The smallest absolute Gasteiger partial charge is 0.289 e. The van der Waals surface area contributed by atoms with Gasteiger partial charge in [-0.3, -0.25) is 14.4 Å². The number of aromatic nitrogens is 2. The first-order valence-corrected chi connectivity index (χ1v) is 10.9. The van der Waals surface area contributed by atoms with Crippen molar-refractivity contribution in [1.82, 2.24) is 19.6 Å². The molecule has 1 amide bonds. The number of methoxy groups -OCH3 is 1. The molecule has 0 radical (unpaired) electrons. The van der Waals surface area contributed by atoms with Gasteiger partial charge in [0, 0.05) is 49.9 Å². The molecule has 168 valence electrons. The molecule has 32 heavy (non-hydrogen) atoms. The number of ether oxygens (including phenoxy) is 2. The van der Waals surface area contributed by atoms with Crippen molar-refractivity contribution in [2.45, 2.75) is 26.0 Å². The summed E-state index contributed by atoms with van der Waals surface area (Å²) in [7, 11) is 1.66. The minimum Gasteiger partial charge on any atom is -0.497 e. The van der Waals surface area contributed by atoms with Crippen LogP contribution in [0.1, 0.15) is 30.0 Å². The Balaban J connectivity index is 1.28. The van der Waals surface area contributed by atoms with Crippen LogP contribution in [0.25, 0.3) is 11.3 Å². The van der Waals surface area contributed by atoms with Crippen molar-refractivity contribution in [1.29, 1.82) is 0 Å². The van der Waals surface area contributed by atoms with E-state index in [-0.39, 0.29) is 5.91 Å². The van der Waals surface area contributed by atoms with E-state index < -0.39 is 5.60 Å². The molecule has 8 nitrogen and oxygen atoms in total. The fraction of sp³-hybridized carbons (Fsp3) is 0.417. The Bertz CT molecular complexity index is 1110. The van der Waals surface area contributed by atoms with Crippen LogP contribution >= 0.6 is 0 Å². The Morgan fingerprint density at radius 2 is 1.97 bits per heavy atom. The third kappa shape index (κ3) is 3.64. The second kappa shape index (κ2) is 8.02. The van der Waals surface area contributed by atoms with Gasteiger partial charge in [-0.05, 0) is 38.1 Å². The Kier molecular flexibility index (Phi) is 5.17. The first-order chi connectivity index (χ1) is 15.5. The quantitative estimate of drug-likeness (QED) is 0.612. The summed E-state index contributed by atoms with van der Waals surface area (Å²) in [5, 5.41) is 4.70. The van der Waals surface area contributed by atoms with Gasteiger partial charge in [-0.2, -0.15) is 5.10 Å². The highest BCUT2D eigenvalue weighted by Gasteiger charge is 2.36. The number of hydrogen-bond acceptors (Lipinski definition) is 6. The van der Waals surface area contributed by atoms with Gasteiger partial charge in [0.25, 0.3) is 5.91 Å². The van der Waals surface area contributed by atoms with Gasteiger partial charge < -0.3 is 18.8 Å². The van der Waals surface area contributed by atoms with Crippen molar-refractivity contribution < 1.29 is 18.7 Å². The average molecular weight is 437 g/mol. The molecular formula is C24H28N4O4. The summed E-state index contributed by atoms with van der Waals surface area (Å²) in [6.45, 7) is 8.81. The zero-order valence-electron chi connectivity index (χ0n) is 18.7. The first kappa shape index (κ1) is 20.6. The molecule has 0 aliphatic carbocycles. The normalized spacial score (nSPS) is 17.4. The molecule has 1 aromatic carbocycles. The molecule has 5 rings (SSSR count). The number of furan rings is 1. The molecule has 0 atom stereocenters. The van der Waals surface area contributed by atoms with E-state index in [9.17, 15) is 4.79 Å². The van der Waals surface area contributed by atoms with Crippen molar-refractivity contribution in [3.8, 4) is 22.8 Å². The number of carbonyl (C=O) groups is 1. The summed E-state index contributed by atoms with van der Waals surface area (Å²) in [5.74, 6) is 1.96. The maximum atomic E-state index is 12.5. The first-order valence-electron chi connectivity index (χ1n) is 10.9. The van der Waals surface area contributed by atoms with Gasteiger partial charge in [-0.25, -0.2) is 0 Å². The zero-order valence-corrected chi connectivity index (χ0v) is 18.7. The maximum absolute atomic E-state index is 12.5. The van der Waals surface area contributed by atoms with E-state index in [1.54, 1.807) is 19.2 Å². The van der Waals surface area contributed by atoms with Crippen LogP contribution in [0, 0.1) is 0 Å². The highest BCUT2D eigenvalue weighted by Crippen LogP contribution is 2.46. The van der Waals surface area contributed by atoms with Crippen molar-refractivity contribution in [3.63, 3.8) is 0 Å². The highest BCUT2D eigenvalue weighted by atomic mass is 16.5. The van der Waals surface area contributed by atoms with Crippen molar-refractivity contribution in [3.05, 3.63) is 54.1 Å². The number of amides is 1. The monoisotopic (exact) mass is 436 g/mol. The second-order valence-electron chi connectivity index (χ2n) is 8.72. The Hall–Kier alpha value is -3.26. The Morgan fingerprint density at radius 1 is 1.16 bits per heavy atom. The van der Waals surface area contributed by atoms with Crippen molar-refractivity contribution >= 4 is 5.91 Å². The van der Waals surface area contributed by atoms with Gasteiger partial charge >= 0.3 is 0 Å². The molecule has 4 heterocycles. The van der Waals surface area contributed by atoms with Crippen LogP contribution in [-0.2, 0) is 12.1 Å². The summed E-state index contributed by atoms with van der Waals surface area (Å²) in [5.41, 5.74) is 2.76. The number of hydrogen-bond donors (Lipinski definition) is 0. The maximum Gasteiger partial charge on any atom is 0.289 e. The number of rotatable bonds is 5. The minimum atomic E-state index is -0.467. The third-order valence-electron chi connectivity index (χ3n) is 6.32. The molecule has 0 saturated carbocycles. The van der Waals surface area contributed by atoms with Crippen LogP contribution in [0.15, 0.2) is 47.2 Å². The second-order valence-corrected chi connectivity index (χ2v) is 8.72. The predicted octanol–water partition coefficient (Wildman–Crippen LogP) is 3.24. The standard InChI is InChI=1S/C24H28N4O4/c1-24(2)19-16-25-28(22(19)18-7-6-17(30-3)15-21(18)32-24)13-10-26-8-11-27(12-9-26)23(29)20-5-4-14-31-20/h4-7,14-16H,8-13H2,1-3H3. The summed E-state index contributed by atoms with van der Waals surface area (Å²) >= 11 is 0. The number of carbonyl (C=O) groups excluding carboxylic acids is 1. The van der Waals surface area contributed by atoms with Crippen LogP contribution in [0.4, 0.5) is 0 Å².